The molecule has 14 aromatic rings. The van der Waals surface area contributed by atoms with Gasteiger partial charge in [0.2, 0.25) is 5.95 Å². The van der Waals surface area contributed by atoms with Crippen LogP contribution in [0, 0.1) is 0 Å². The summed E-state index contributed by atoms with van der Waals surface area (Å²) in [5.74, 6) is 1.78. The molecule has 0 saturated heterocycles. The van der Waals surface area contributed by atoms with Gasteiger partial charge in [0, 0.05) is 54.7 Å². The molecular weight excluding hydrogens is 843 g/mol. The van der Waals surface area contributed by atoms with Gasteiger partial charge in [0.1, 0.15) is 11.2 Å². The van der Waals surface area contributed by atoms with E-state index in [0.29, 0.717) is 17.6 Å². The first-order valence-electron chi connectivity index (χ1n) is 23.3. The molecule has 69 heavy (non-hydrogen) atoms. The topological polar surface area (TPSA) is 61.7 Å². The van der Waals surface area contributed by atoms with Gasteiger partial charge in [0.05, 0.1) is 22.1 Å². The van der Waals surface area contributed by atoms with Gasteiger partial charge in [-0.3, -0.25) is 4.57 Å². The molecule has 4 aromatic heterocycles. The SMILES string of the molecule is c1ccc(-c2cc(-c3ccccc3)cc(-c3cc(-n4c5ccccc5c5cc6c7ccccc7n(-c7nc(-c8ccccc8)nc(-c8ccccc8)n7)c6cc54)cc4c3oc3ccccc34)c2)cc1. The molecule has 0 aliphatic rings. The van der Waals surface area contributed by atoms with Crippen molar-refractivity contribution in [2.75, 3.05) is 0 Å². The zero-order chi connectivity index (χ0) is 45.4. The zero-order valence-corrected chi connectivity index (χ0v) is 37.2. The average Bonchev–Trinajstić information content (AvgIpc) is 4.08. The lowest BCUT2D eigenvalue weighted by Gasteiger charge is -2.15. The molecule has 0 N–H and O–H groups in total. The van der Waals surface area contributed by atoms with Crippen LogP contribution in [-0.4, -0.2) is 24.1 Å². The summed E-state index contributed by atoms with van der Waals surface area (Å²) < 4.78 is 11.5. The summed E-state index contributed by atoms with van der Waals surface area (Å²) in [4.78, 5) is 15.6. The summed E-state index contributed by atoms with van der Waals surface area (Å²) in [6.07, 6.45) is 0. The van der Waals surface area contributed by atoms with Crippen LogP contribution < -0.4 is 0 Å². The van der Waals surface area contributed by atoms with Crippen molar-refractivity contribution in [3.8, 4) is 67.8 Å². The molecule has 0 aliphatic carbocycles. The van der Waals surface area contributed by atoms with Gasteiger partial charge in [0.15, 0.2) is 11.6 Å². The molecule has 0 spiro atoms. The van der Waals surface area contributed by atoms with Crippen LogP contribution in [0.15, 0.2) is 241 Å². The lowest BCUT2D eigenvalue weighted by atomic mass is 9.92. The standard InChI is InChI=1S/C63H39N5O/c1-5-19-40(20-6-1)44-33-45(41-21-7-2-8-22-41)35-46(34-44)51-36-47(37-54-50-29-15-18-32-59(50)69-60(51)54)67-55-30-16-13-27-48(55)52-38-53-49-28-14-17-31-56(49)68(58(53)39-57(52)67)63-65-61(42-23-9-3-10-24-42)64-62(66-63)43-25-11-4-12-26-43/h1-39H. The lowest BCUT2D eigenvalue weighted by molar-refractivity contribution is 0.670. The molecule has 0 radical (unpaired) electrons. The smallest absolute Gasteiger partial charge is 0.238 e. The van der Waals surface area contributed by atoms with Crippen molar-refractivity contribution < 1.29 is 4.42 Å². The van der Waals surface area contributed by atoms with Gasteiger partial charge in [0.25, 0.3) is 0 Å². The highest BCUT2D eigenvalue weighted by Gasteiger charge is 2.23. The number of hydrogen-bond acceptors (Lipinski definition) is 4. The summed E-state index contributed by atoms with van der Waals surface area (Å²) in [6.45, 7) is 0. The van der Waals surface area contributed by atoms with Crippen molar-refractivity contribution in [2.24, 2.45) is 0 Å². The van der Waals surface area contributed by atoms with Crippen LogP contribution >= 0.6 is 0 Å². The normalized spacial score (nSPS) is 11.8. The van der Waals surface area contributed by atoms with E-state index >= 15 is 0 Å². The van der Waals surface area contributed by atoms with Crippen LogP contribution in [0.4, 0.5) is 0 Å². The van der Waals surface area contributed by atoms with Crippen molar-refractivity contribution in [3.05, 3.63) is 237 Å². The van der Waals surface area contributed by atoms with E-state index in [9.17, 15) is 0 Å². The number of hydrogen-bond donors (Lipinski definition) is 0. The molecule has 0 fully saturated rings. The summed E-state index contributed by atoms with van der Waals surface area (Å²) in [7, 11) is 0. The van der Waals surface area contributed by atoms with E-state index < -0.39 is 0 Å². The van der Waals surface area contributed by atoms with Crippen molar-refractivity contribution in [3.63, 3.8) is 0 Å². The quantitative estimate of drug-likeness (QED) is 0.160. The Labute approximate surface area is 396 Å². The second-order valence-corrected chi connectivity index (χ2v) is 17.6. The fourth-order valence-electron chi connectivity index (χ4n) is 10.4. The van der Waals surface area contributed by atoms with Crippen LogP contribution in [-0.2, 0) is 0 Å². The third kappa shape index (κ3) is 6.38. The number of rotatable bonds is 7. The first-order valence-corrected chi connectivity index (χ1v) is 23.3. The number of benzene rings is 10. The van der Waals surface area contributed by atoms with Crippen molar-refractivity contribution in [2.45, 2.75) is 0 Å². The van der Waals surface area contributed by atoms with E-state index in [1.807, 2.05) is 42.5 Å². The molecular formula is C63H39N5O. The van der Waals surface area contributed by atoms with Crippen LogP contribution in [0.2, 0.25) is 0 Å². The van der Waals surface area contributed by atoms with Crippen molar-refractivity contribution in [1.82, 2.24) is 24.1 Å². The second kappa shape index (κ2) is 15.6. The minimum absolute atomic E-state index is 0.553. The van der Waals surface area contributed by atoms with Gasteiger partial charge in [-0.2, -0.15) is 9.97 Å². The molecule has 10 aromatic carbocycles. The van der Waals surface area contributed by atoms with E-state index in [-0.39, 0.29) is 0 Å². The highest BCUT2D eigenvalue weighted by atomic mass is 16.3. The van der Waals surface area contributed by atoms with Gasteiger partial charge in [-0.1, -0.05) is 176 Å². The molecule has 4 heterocycles. The Kier molecular flexibility index (Phi) is 8.79. The minimum Gasteiger partial charge on any atom is -0.455 e. The molecule has 0 unspecified atom stereocenters. The predicted molar refractivity (Wildman–Crippen MR) is 283 cm³/mol. The molecule has 0 saturated carbocycles. The molecule has 6 heteroatoms. The monoisotopic (exact) mass is 881 g/mol. The zero-order valence-electron chi connectivity index (χ0n) is 37.2. The van der Waals surface area contributed by atoms with E-state index in [4.69, 9.17) is 19.4 Å². The minimum atomic E-state index is 0.553. The molecule has 6 nitrogen and oxygen atoms in total. The number of aromatic nitrogens is 5. The average molecular weight is 882 g/mol. The number of nitrogens with zero attached hydrogens (tertiary/aromatic N) is 5. The van der Waals surface area contributed by atoms with Gasteiger partial charge in [-0.25, -0.2) is 4.98 Å². The highest BCUT2D eigenvalue weighted by molar-refractivity contribution is 6.20. The van der Waals surface area contributed by atoms with Crippen LogP contribution in [0.3, 0.4) is 0 Å². The number of fused-ring (bicyclic) bond motifs is 9. The Bertz CT molecular complexity index is 4170. The van der Waals surface area contributed by atoms with Gasteiger partial charge >= 0.3 is 0 Å². The molecule has 322 valence electrons. The van der Waals surface area contributed by atoms with Crippen LogP contribution in [0.1, 0.15) is 0 Å². The maximum atomic E-state index is 6.88. The van der Waals surface area contributed by atoms with E-state index in [1.165, 1.54) is 5.39 Å². The number of furan rings is 1. The Morgan fingerprint density at radius 2 is 0.754 bits per heavy atom. The first-order chi connectivity index (χ1) is 34.2. The fraction of sp³-hybridized carbons (Fsp3) is 0. The molecule has 0 bridgehead atoms. The molecule has 0 amide bonds. The van der Waals surface area contributed by atoms with Crippen LogP contribution in [0.5, 0.6) is 0 Å². The Hall–Kier alpha value is -9.39. The maximum Gasteiger partial charge on any atom is 0.238 e. The third-order valence-electron chi connectivity index (χ3n) is 13.5. The summed E-state index contributed by atoms with van der Waals surface area (Å²) in [5.41, 5.74) is 15.4. The lowest BCUT2D eigenvalue weighted by Crippen LogP contribution is -2.06. The summed E-state index contributed by atoms with van der Waals surface area (Å²) >= 11 is 0. The summed E-state index contributed by atoms with van der Waals surface area (Å²) in [5, 5.41) is 6.68. The second-order valence-electron chi connectivity index (χ2n) is 17.6. The van der Waals surface area contributed by atoms with Gasteiger partial charge in [-0.05, 0) is 88.5 Å². The van der Waals surface area contributed by atoms with Gasteiger partial charge in [-0.15, -0.1) is 0 Å². The summed E-state index contributed by atoms with van der Waals surface area (Å²) in [6, 6.07) is 83.5. The molecule has 0 aliphatic heterocycles. The van der Waals surface area contributed by atoms with Crippen molar-refractivity contribution >= 4 is 65.6 Å². The largest absolute Gasteiger partial charge is 0.455 e. The van der Waals surface area contributed by atoms with E-state index in [1.54, 1.807) is 0 Å². The van der Waals surface area contributed by atoms with E-state index in [0.717, 1.165) is 110 Å². The van der Waals surface area contributed by atoms with Crippen molar-refractivity contribution in [1.29, 1.82) is 0 Å². The van der Waals surface area contributed by atoms with Gasteiger partial charge < -0.3 is 8.98 Å². The Morgan fingerprint density at radius 1 is 0.290 bits per heavy atom. The molecule has 14 rings (SSSR count). The predicted octanol–water partition coefficient (Wildman–Crippen LogP) is 16.3. The number of para-hydroxylation sites is 3. The first kappa shape index (κ1) is 38.8. The van der Waals surface area contributed by atoms with E-state index in [2.05, 4.69) is 203 Å². The Morgan fingerprint density at radius 3 is 1.33 bits per heavy atom. The Balaban J connectivity index is 1.07. The van der Waals surface area contributed by atoms with Crippen LogP contribution in [0.25, 0.3) is 133 Å². The third-order valence-corrected chi connectivity index (χ3v) is 13.5. The fourth-order valence-corrected chi connectivity index (χ4v) is 10.4. The molecule has 0 atom stereocenters. The maximum absolute atomic E-state index is 6.88. The highest BCUT2D eigenvalue weighted by Crippen LogP contribution is 2.44.